The zero-order valence-corrected chi connectivity index (χ0v) is 11.5. The van der Waals surface area contributed by atoms with Crippen molar-refractivity contribution >= 4 is 27.6 Å². The third kappa shape index (κ3) is 5.65. The molecule has 20 heavy (non-hydrogen) atoms. The highest BCUT2D eigenvalue weighted by Crippen LogP contribution is 2.09. The van der Waals surface area contributed by atoms with E-state index in [2.05, 4.69) is 14.4 Å². The van der Waals surface area contributed by atoms with Crippen molar-refractivity contribution in [3.05, 3.63) is 24.0 Å². The number of carboxylic acid groups (broad SMARTS) is 1. The van der Waals surface area contributed by atoms with Crippen LogP contribution in [0.3, 0.4) is 0 Å². The largest absolute Gasteiger partial charge is 0.481 e. The lowest BCUT2D eigenvalue weighted by molar-refractivity contribution is -0.140. The number of esters is 1. The molecule has 8 nitrogen and oxygen atoms in total. The molecule has 0 unspecified atom stereocenters. The molecule has 1 rings (SSSR count). The van der Waals surface area contributed by atoms with Gasteiger partial charge in [-0.1, -0.05) is 0 Å². The standard InChI is InChI=1S/C11H14N2O6S/c1-19-11(16)4-5-20(17,18)13-9-3-2-8(12-7-9)6-10(14)15/h2-3,7,13H,4-6H2,1H3,(H,14,15). The van der Waals surface area contributed by atoms with Crippen LogP contribution in [-0.2, 0) is 30.8 Å². The molecule has 0 bridgehead atoms. The van der Waals surface area contributed by atoms with Crippen molar-refractivity contribution < 1.29 is 27.9 Å². The van der Waals surface area contributed by atoms with Crippen LogP contribution in [0.1, 0.15) is 12.1 Å². The first kappa shape index (κ1) is 15.9. The Labute approximate surface area is 115 Å². The highest BCUT2D eigenvalue weighted by molar-refractivity contribution is 7.92. The minimum atomic E-state index is -3.68. The van der Waals surface area contributed by atoms with E-state index in [4.69, 9.17) is 5.11 Å². The number of nitrogens with zero attached hydrogens (tertiary/aromatic N) is 1. The Bertz CT molecular complexity index is 581. The van der Waals surface area contributed by atoms with Gasteiger partial charge in [-0.05, 0) is 12.1 Å². The molecule has 110 valence electrons. The smallest absolute Gasteiger partial charge is 0.309 e. The fourth-order valence-corrected chi connectivity index (χ4v) is 2.31. The lowest BCUT2D eigenvalue weighted by Gasteiger charge is -2.07. The fraction of sp³-hybridized carbons (Fsp3) is 0.364. The number of aromatic nitrogens is 1. The number of aliphatic carboxylic acids is 1. The predicted molar refractivity (Wildman–Crippen MR) is 69.6 cm³/mol. The molecule has 0 saturated heterocycles. The molecule has 0 spiro atoms. The molecule has 1 heterocycles. The van der Waals surface area contributed by atoms with Gasteiger partial charge in [0.25, 0.3) is 0 Å². The second kappa shape index (κ2) is 6.85. The summed E-state index contributed by atoms with van der Waals surface area (Å²) in [6.07, 6.45) is 0.722. The van der Waals surface area contributed by atoms with Crippen molar-refractivity contribution in [2.75, 3.05) is 17.6 Å². The molecule has 0 aliphatic rings. The van der Waals surface area contributed by atoms with Gasteiger partial charge in [0.15, 0.2) is 0 Å². The summed E-state index contributed by atoms with van der Waals surface area (Å²) in [5.74, 6) is -2.05. The lowest BCUT2D eigenvalue weighted by atomic mass is 10.3. The van der Waals surface area contributed by atoms with Crippen LogP contribution in [0, 0.1) is 0 Å². The topological polar surface area (TPSA) is 123 Å². The van der Waals surface area contributed by atoms with E-state index in [0.717, 1.165) is 0 Å². The average molecular weight is 302 g/mol. The maximum atomic E-state index is 11.6. The van der Waals surface area contributed by atoms with E-state index in [-0.39, 0.29) is 18.5 Å². The fourth-order valence-electron chi connectivity index (χ4n) is 1.29. The zero-order valence-electron chi connectivity index (χ0n) is 10.7. The molecule has 0 radical (unpaired) electrons. The molecule has 0 fully saturated rings. The number of carbonyl (C=O) groups is 2. The Morgan fingerprint density at radius 3 is 2.60 bits per heavy atom. The third-order valence-corrected chi connectivity index (χ3v) is 3.52. The van der Waals surface area contributed by atoms with Crippen molar-refractivity contribution in [2.45, 2.75) is 12.8 Å². The average Bonchev–Trinajstić information content (AvgIpc) is 2.37. The van der Waals surface area contributed by atoms with Crippen LogP contribution in [0.5, 0.6) is 0 Å². The first-order chi connectivity index (χ1) is 9.32. The Morgan fingerprint density at radius 1 is 1.40 bits per heavy atom. The normalized spacial score (nSPS) is 10.8. The molecule has 9 heteroatoms. The molecule has 0 atom stereocenters. The maximum Gasteiger partial charge on any atom is 0.309 e. The van der Waals surface area contributed by atoms with E-state index in [0.29, 0.717) is 5.69 Å². The van der Waals surface area contributed by atoms with E-state index >= 15 is 0 Å². The molecular formula is C11H14N2O6S. The summed E-state index contributed by atoms with van der Waals surface area (Å²) in [5.41, 5.74) is 0.513. The van der Waals surface area contributed by atoms with E-state index in [1.54, 1.807) is 0 Å². The highest BCUT2D eigenvalue weighted by atomic mass is 32.2. The molecule has 0 aliphatic heterocycles. The number of pyridine rings is 1. The van der Waals surface area contributed by atoms with Gasteiger partial charge in [-0.3, -0.25) is 19.3 Å². The van der Waals surface area contributed by atoms with Gasteiger partial charge in [0, 0.05) is 0 Å². The van der Waals surface area contributed by atoms with Crippen molar-refractivity contribution in [1.29, 1.82) is 0 Å². The number of anilines is 1. The SMILES string of the molecule is COC(=O)CCS(=O)(=O)Nc1ccc(CC(=O)O)nc1. The second-order valence-corrected chi connectivity index (χ2v) is 5.70. The Morgan fingerprint density at radius 2 is 2.10 bits per heavy atom. The summed E-state index contributed by atoms with van der Waals surface area (Å²) >= 11 is 0. The summed E-state index contributed by atoms with van der Waals surface area (Å²) < 4.78 is 29.9. The minimum Gasteiger partial charge on any atom is -0.481 e. The van der Waals surface area contributed by atoms with Gasteiger partial charge in [0.2, 0.25) is 10.0 Å². The zero-order chi connectivity index (χ0) is 15.2. The highest BCUT2D eigenvalue weighted by Gasteiger charge is 2.14. The number of hydrogen-bond acceptors (Lipinski definition) is 6. The Kier molecular flexibility index (Phi) is 5.44. The summed E-state index contributed by atoms with van der Waals surface area (Å²) in [6, 6.07) is 2.81. The molecule has 0 aliphatic carbocycles. The van der Waals surface area contributed by atoms with Crippen molar-refractivity contribution in [2.24, 2.45) is 0 Å². The first-order valence-corrected chi connectivity index (χ1v) is 7.21. The van der Waals surface area contributed by atoms with Gasteiger partial charge in [-0.2, -0.15) is 0 Å². The summed E-state index contributed by atoms with van der Waals surface area (Å²) in [5, 5.41) is 8.57. The number of sulfonamides is 1. The van der Waals surface area contributed by atoms with Crippen LogP contribution in [0.25, 0.3) is 0 Å². The van der Waals surface area contributed by atoms with Gasteiger partial charge in [0.1, 0.15) is 0 Å². The molecule has 0 amide bonds. The van der Waals surface area contributed by atoms with E-state index in [9.17, 15) is 18.0 Å². The Hall–Kier alpha value is -2.16. The molecule has 1 aromatic heterocycles. The van der Waals surface area contributed by atoms with E-state index in [1.165, 1.54) is 25.4 Å². The number of carbonyl (C=O) groups excluding carboxylic acids is 1. The van der Waals surface area contributed by atoms with Crippen molar-refractivity contribution in [3.63, 3.8) is 0 Å². The molecule has 1 aromatic rings. The molecule has 0 saturated carbocycles. The summed E-state index contributed by atoms with van der Waals surface area (Å²) in [4.78, 5) is 25.2. The summed E-state index contributed by atoms with van der Waals surface area (Å²) in [6.45, 7) is 0. The van der Waals surface area contributed by atoms with Crippen LogP contribution in [0.15, 0.2) is 18.3 Å². The number of methoxy groups -OCH3 is 1. The van der Waals surface area contributed by atoms with Crippen LogP contribution < -0.4 is 4.72 Å². The number of ether oxygens (including phenoxy) is 1. The molecule has 0 aromatic carbocycles. The van der Waals surface area contributed by atoms with Crippen LogP contribution in [-0.4, -0.2) is 43.3 Å². The van der Waals surface area contributed by atoms with Gasteiger partial charge in [-0.25, -0.2) is 8.42 Å². The minimum absolute atomic E-state index is 0.198. The summed E-state index contributed by atoms with van der Waals surface area (Å²) in [7, 11) is -2.51. The number of nitrogens with one attached hydrogen (secondary N) is 1. The van der Waals surface area contributed by atoms with Crippen molar-refractivity contribution in [3.8, 4) is 0 Å². The maximum absolute atomic E-state index is 11.6. The lowest BCUT2D eigenvalue weighted by Crippen LogP contribution is -2.19. The van der Waals surface area contributed by atoms with Crippen LogP contribution in [0.2, 0.25) is 0 Å². The third-order valence-electron chi connectivity index (χ3n) is 2.23. The number of rotatable bonds is 7. The van der Waals surface area contributed by atoms with Crippen molar-refractivity contribution in [1.82, 2.24) is 4.98 Å². The number of hydrogen-bond donors (Lipinski definition) is 2. The quantitative estimate of drug-likeness (QED) is 0.680. The molecule has 2 N–H and O–H groups in total. The monoisotopic (exact) mass is 302 g/mol. The van der Waals surface area contributed by atoms with Gasteiger partial charge in [0.05, 0.1) is 43.3 Å². The first-order valence-electron chi connectivity index (χ1n) is 5.56. The van der Waals surface area contributed by atoms with E-state index < -0.39 is 27.7 Å². The second-order valence-electron chi connectivity index (χ2n) is 3.86. The Balaban J connectivity index is 2.63. The van der Waals surface area contributed by atoms with E-state index in [1.807, 2.05) is 0 Å². The van der Waals surface area contributed by atoms with Crippen LogP contribution >= 0.6 is 0 Å². The van der Waals surface area contributed by atoms with Gasteiger partial charge in [-0.15, -0.1) is 0 Å². The molecular weight excluding hydrogens is 288 g/mol. The predicted octanol–water partition coefficient (Wildman–Crippen LogP) is 0.0135. The number of carboxylic acids is 1. The van der Waals surface area contributed by atoms with Gasteiger partial charge >= 0.3 is 11.9 Å². The van der Waals surface area contributed by atoms with Gasteiger partial charge < -0.3 is 9.84 Å². The van der Waals surface area contributed by atoms with Crippen LogP contribution in [0.4, 0.5) is 5.69 Å².